The van der Waals surface area contributed by atoms with E-state index in [1.54, 1.807) is 0 Å². The lowest BCUT2D eigenvalue weighted by atomic mass is 10.00. The van der Waals surface area contributed by atoms with E-state index in [0.717, 1.165) is 0 Å². The van der Waals surface area contributed by atoms with Crippen LogP contribution in [0.15, 0.2) is 5.57 Å². The first kappa shape index (κ1) is 15.9. The number of nitrogens with one attached hydrogen (secondary N) is 1. The van der Waals surface area contributed by atoms with Crippen molar-refractivity contribution in [3.05, 3.63) is 40.2 Å². The van der Waals surface area contributed by atoms with Crippen LogP contribution in [0.2, 0.25) is 0 Å². The number of aliphatic hydroxyl groups is 1. The molecule has 4 nitrogen and oxygen atoms in total. The highest BCUT2D eigenvalue weighted by Crippen LogP contribution is 2.36. The minimum atomic E-state index is -2.43. The lowest BCUT2D eigenvalue weighted by Crippen LogP contribution is -2.17. The molecule has 0 bridgehead atoms. The van der Waals surface area contributed by atoms with Crippen LogP contribution in [0.4, 0.5) is 22.0 Å². The monoisotopic (exact) mass is 321 g/mol. The number of carbonyl (C=O) groups is 1. The molecule has 0 heterocycles. The number of aliphatic hydroxyl groups excluding tert-OH is 1. The van der Waals surface area contributed by atoms with Gasteiger partial charge in [-0.2, -0.15) is 0 Å². The largest absolute Gasteiger partial charge is 0.506 e. The van der Waals surface area contributed by atoms with Crippen LogP contribution in [-0.4, -0.2) is 21.9 Å². The molecule has 2 rings (SSSR count). The van der Waals surface area contributed by atoms with Crippen molar-refractivity contribution in [3.8, 4) is 0 Å². The number of halogens is 5. The zero-order valence-corrected chi connectivity index (χ0v) is 10.7. The molecule has 0 radical (unpaired) electrons. The number of aliphatic carboxylic acids is 1. The Balaban J connectivity index is 2.75. The molecule has 22 heavy (non-hydrogen) atoms. The molecular formula is C13H8F5NO3. The van der Waals surface area contributed by atoms with Gasteiger partial charge in [0.1, 0.15) is 11.3 Å². The van der Waals surface area contributed by atoms with Crippen LogP contribution in [0.3, 0.4) is 0 Å². The fourth-order valence-electron chi connectivity index (χ4n) is 1.86. The Morgan fingerprint density at radius 2 is 1.32 bits per heavy atom. The van der Waals surface area contributed by atoms with Crippen molar-refractivity contribution in [2.45, 2.75) is 12.8 Å². The average Bonchev–Trinajstić information content (AvgIpc) is 3.27. The van der Waals surface area contributed by atoms with Gasteiger partial charge in [-0.1, -0.05) is 0 Å². The standard InChI is InChI=1S/C13H8F5NO3/c14-6-4(7(15)9(17)10(18)8(6)16)12(20)5(13(21)22)11(19)3-1-2-3/h3,19-20H,1-2H2,(H,21,22). The second-order valence-electron chi connectivity index (χ2n) is 4.66. The van der Waals surface area contributed by atoms with Crippen LogP contribution in [0, 0.1) is 40.4 Å². The molecule has 9 heteroatoms. The second kappa shape index (κ2) is 5.39. The average molecular weight is 321 g/mol. The molecule has 0 amide bonds. The molecule has 3 N–H and O–H groups in total. The van der Waals surface area contributed by atoms with Crippen LogP contribution >= 0.6 is 0 Å². The third-order valence-corrected chi connectivity index (χ3v) is 3.15. The molecule has 1 fully saturated rings. The van der Waals surface area contributed by atoms with E-state index in [4.69, 9.17) is 10.5 Å². The van der Waals surface area contributed by atoms with Gasteiger partial charge < -0.3 is 15.6 Å². The highest BCUT2D eigenvalue weighted by atomic mass is 19.2. The number of carboxylic acids is 1. The molecular weight excluding hydrogens is 313 g/mol. The molecule has 0 atom stereocenters. The molecule has 0 unspecified atom stereocenters. The van der Waals surface area contributed by atoms with E-state index in [1.807, 2.05) is 0 Å². The normalized spacial score (nSPS) is 15.5. The first-order valence-electron chi connectivity index (χ1n) is 5.95. The zero-order chi connectivity index (χ0) is 16.8. The summed E-state index contributed by atoms with van der Waals surface area (Å²) in [5.74, 6) is -15.9. The highest BCUT2D eigenvalue weighted by molar-refractivity contribution is 6.23. The highest BCUT2D eigenvalue weighted by Gasteiger charge is 2.36. The van der Waals surface area contributed by atoms with Crippen molar-refractivity contribution in [3.63, 3.8) is 0 Å². The summed E-state index contributed by atoms with van der Waals surface area (Å²) in [5.41, 5.74) is -3.58. The van der Waals surface area contributed by atoms with Crippen LogP contribution in [0.25, 0.3) is 5.76 Å². The second-order valence-corrected chi connectivity index (χ2v) is 4.66. The Morgan fingerprint density at radius 1 is 0.909 bits per heavy atom. The Labute approximate surface area is 120 Å². The summed E-state index contributed by atoms with van der Waals surface area (Å²) in [6, 6.07) is 0. The van der Waals surface area contributed by atoms with Crippen molar-refractivity contribution in [2.75, 3.05) is 0 Å². The van der Waals surface area contributed by atoms with E-state index >= 15 is 0 Å². The Morgan fingerprint density at radius 3 is 1.68 bits per heavy atom. The minimum absolute atomic E-state index is 0.431. The van der Waals surface area contributed by atoms with Crippen molar-refractivity contribution in [1.82, 2.24) is 0 Å². The van der Waals surface area contributed by atoms with Gasteiger partial charge in [-0.3, -0.25) is 0 Å². The number of hydrogen-bond acceptors (Lipinski definition) is 3. The van der Waals surface area contributed by atoms with Gasteiger partial charge in [-0.15, -0.1) is 0 Å². The SMILES string of the molecule is N=C(C(C(=O)O)=C(O)c1c(F)c(F)c(F)c(F)c1F)C1CC1. The summed E-state index contributed by atoms with van der Waals surface area (Å²) < 4.78 is 66.3. The number of carboxylic acid groups (broad SMARTS) is 1. The Bertz CT molecular complexity index is 696. The number of hydrogen-bond donors (Lipinski definition) is 3. The molecule has 1 aliphatic rings. The molecule has 1 aromatic rings. The molecule has 0 spiro atoms. The van der Waals surface area contributed by atoms with E-state index < -0.39 is 63.6 Å². The smallest absolute Gasteiger partial charge is 0.341 e. The third kappa shape index (κ3) is 2.42. The van der Waals surface area contributed by atoms with Crippen LogP contribution in [0.5, 0.6) is 0 Å². The predicted octanol–water partition coefficient (Wildman–Crippen LogP) is 3.17. The lowest BCUT2D eigenvalue weighted by molar-refractivity contribution is -0.132. The molecule has 0 saturated heterocycles. The molecule has 1 saturated carbocycles. The van der Waals surface area contributed by atoms with Gasteiger partial charge in [0.15, 0.2) is 23.3 Å². The topological polar surface area (TPSA) is 81.4 Å². The van der Waals surface area contributed by atoms with Crippen LogP contribution in [0.1, 0.15) is 18.4 Å². The van der Waals surface area contributed by atoms with Gasteiger partial charge in [-0.25, -0.2) is 26.7 Å². The number of rotatable bonds is 4. The van der Waals surface area contributed by atoms with E-state index in [9.17, 15) is 31.9 Å². The van der Waals surface area contributed by atoms with Crippen molar-refractivity contribution in [2.24, 2.45) is 5.92 Å². The van der Waals surface area contributed by atoms with Crippen LogP contribution < -0.4 is 0 Å². The van der Waals surface area contributed by atoms with Gasteiger partial charge in [-0.05, 0) is 12.8 Å². The van der Waals surface area contributed by atoms with Crippen molar-refractivity contribution in [1.29, 1.82) is 5.41 Å². The quantitative estimate of drug-likeness (QED) is 0.199. The minimum Gasteiger partial charge on any atom is -0.506 e. The Kier molecular flexibility index (Phi) is 3.90. The van der Waals surface area contributed by atoms with Gasteiger partial charge in [0.2, 0.25) is 5.82 Å². The van der Waals surface area contributed by atoms with Gasteiger partial charge in [0.25, 0.3) is 0 Å². The summed E-state index contributed by atoms with van der Waals surface area (Å²) in [6.45, 7) is 0. The van der Waals surface area contributed by atoms with Gasteiger partial charge >= 0.3 is 5.97 Å². The van der Waals surface area contributed by atoms with Gasteiger partial charge in [0.05, 0.1) is 11.3 Å². The fourth-order valence-corrected chi connectivity index (χ4v) is 1.86. The summed E-state index contributed by atoms with van der Waals surface area (Å²) in [6.07, 6.45) is 0.861. The summed E-state index contributed by atoms with van der Waals surface area (Å²) >= 11 is 0. The van der Waals surface area contributed by atoms with E-state index in [1.165, 1.54) is 0 Å². The maximum Gasteiger partial charge on any atom is 0.341 e. The summed E-state index contributed by atoms with van der Waals surface area (Å²) in [4.78, 5) is 11.1. The van der Waals surface area contributed by atoms with E-state index in [-0.39, 0.29) is 0 Å². The zero-order valence-electron chi connectivity index (χ0n) is 10.7. The molecule has 1 aromatic carbocycles. The lowest BCUT2D eigenvalue weighted by Gasteiger charge is -2.11. The third-order valence-electron chi connectivity index (χ3n) is 3.15. The van der Waals surface area contributed by atoms with Crippen molar-refractivity contribution < 1.29 is 37.0 Å². The fraction of sp³-hybridized carbons (Fsp3) is 0.231. The predicted molar refractivity (Wildman–Crippen MR) is 63.9 cm³/mol. The first-order chi connectivity index (χ1) is 10.2. The molecule has 0 aromatic heterocycles. The van der Waals surface area contributed by atoms with Gasteiger partial charge in [0, 0.05) is 5.92 Å². The summed E-state index contributed by atoms with van der Waals surface area (Å²) in [7, 11) is 0. The van der Waals surface area contributed by atoms with E-state index in [0.29, 0.717) is 12.8 Å². The van der Waals surface area contributed by atoms with Crippen molar-refractivity contribution >= 4 is 17.4 Å². The number of benzene rings is 1. The first-order valence-corrected chi connectivity index (χ1v) is 5.95. The summed E-state index contributed by atoms with van der Waals surface area (Å²) in [5, 5.41) is 26.2. The Hall–Kier alpha value is -2.45. The maximum absolute atomic E-state index is 13.6. The molecule has 118 valence electrons. The van der Waals surface area contributed by atoms with E-state index in [2.05, 4.69) is 0 Å². The van der Waals surface area contributed by atoms with Crippen LogP contribution in [-0.2, 0) is 4.79 Å². The molecule has 1 aliphatic carbocycles. The maximum atomic E-state index is 13.6. The molecule has 0 aliphatic heterocycles.